The van der Waals surface area contributed by atoms with Crippen LogP contribution in [-0.4, -0.2) is 10.1 Å². The third-order valence-electron chi connectivity index (χ3n) is 4.06. The molecule has 2 heteroatoms. The lowest BCUT2D eigenvalue weighted by atomic mass is 9.92. The molecule has 1 aromatic heterocycles. The van der Waals surface area contributed by atoms with Crippen molar-refractivity contribution in [3.8, 4) is 0 Å². The minimum absolute atomic E-state index is 0.443. The van der Waals surface area contributed by atoms with E-state index in [1.807, 2.05) is 30.3 Å². The molecule has 2 rings (SSSR count). The number of unbranched alkanes of at least 4 members (excludes halogenated alkanes) is 1. The van der Waals surface area contributed by atoms with Crippen molar-refractivity contribution < 1.29 is 5.11 Å². The zero-order valence-electron chi connectivity index (χ0n) is 12.5. The molecule has 2 aromatic rings. The summed E-state index contributed by atoms with van der Waals surface area (Å²) < 4.78 is 0. The van der Waals surface area contributed by atoms with Gasteiger partial charge in [-0.05, 0) is 24.5 Å². The summed E-state index contributed by atoms with van der Waals surface area (Å²) in [6.07, 6.45) is 5.18. The summed E-state index contributed by atoms with van der Waals surface area (Å²) in [4.78, 5) is 4.59. The van der Waals surface area contributed by atoms with Crippen molar-refractivity contribution in [2.24, 2.45) is 5.92 Å². The van der Waals surface area contributed by atoms with Gasteiger partial charge in [0, 0.05) is 5.39 Å². The Kier molecular flexibility index (Phi) is 5.54. The Labute approximate surface area is 121 Å². The highest BCUT2D eigenvalue weighted by molar-refractivity contribution is 5.78. The summed E-state index contributed by atoms with van der Waals surface area (Å²) in [6.45, 7) is 4.43. The van der Waals surface area contributed by atoms with Crippen LogP contribution < -0.4 is 0 Å². The molecule has 108 valence electrons. The molecule has 20 heavy (non-hydrogen) atoms. The molecule has 0 radical (unpaired) electrons. The number of para-hydroxylation sites is 1. The average Bonchev–Trinajstić information content (AvgIpc) is 2.50. The minimum Gasteiger partial charge on any atom is -0.387 e. The predicted octanol–water partition coefficient (Wildman–Crippen LogP) is 4.87. The molecule has 0 aliphatic rings. The van der Waals surface area contributed by atoms with Crippen LogP contribution in [0, 0.1) is 5.92 Å². The molecule has 1 N–H and O–H groups in total. The van der Waals surface area contributed by atoms with Gasteiger partial charge in [0.2, 0.25) is 0 Å². The molecule has 0 bridgehead atoms. The SMILES string of the molecule is CCCCC(CC)CC(O)c1ccc2ccccc2n1. The summed E-state index contributed by atoms with van der Waals surface area (Å²) >= 11 is 0. The van der Waals surface area contributed by atoms with Gasteiger partial charge >= 0.3 is 0 Å². The molecule has 1 aromatic carbocycles. The molecule has 0 spiro atoms. The van der Waals surface area contributed by atoms with Gasteiger partial charge in [-0.25, -0.2) is 0 Å². The van der Waals surface area contributed by atoms with E-state index in [1.165, 1.54) is 19.3 Å². The van der Waals surface area contributed by atoms with Crippen molar-refractivity contribution in [2.45, 2.75) is 52.1 Å². The highest BCUT2D eigenvalue weighted by Crippen LogP contribution is 2.26. The van der Waals surface area contributed by atoms with Crippen LogP contribution in [0.4, 0.5) is 0 Å². The van der Waals surface area contributed by atoms with Crippen LogP contribution in [0.15, 0.2) is 36.4 Å². The number of fused-ring (bicyclic) bond motifs is 1. The van der Waals surface area contributed by atoms with Crippen LogP contribution >= 0.6 is 0 Å². The van der Waals surface area contributed by atoms with E-state index in [0.717, 1.165) is 29.4 Å². The van der Waals surface area contributed by atoms with Crippen molar-refractivity contribution in [1.82, 2.24) is 4.98 Å². The Morgan fingerprint density at radius 2 is 1.90 bits per heavy atom. The number of nitrogens with zero attached hydrogens (tertiary/aromatic N) is 1. The Hall–Kier alpha value is -1.41. The third-order valence-corrected chi connectivity index (χ3v) is 4.06. The number of aliphatic hydroxyl groups excluding tert-OH is 1. The van der Waals surface area contributed by atoms with E-state index in [9.17, 15) is 5.11 Å². The topological polar surface area (TPSA) is 33.1 Å². The van der Waals surface area contributed by atoms with E-state index < -0.39 is 6.10 Å². The zero-order chi connectivity index (χ0) is 14.4. The van der Waals surface area contributed by atoms with Crippen molar-refractivity contribution in [3.63, 3.8) is 0 Å². The second-order valence-corrected chi connectivity index (χ2v) is 5.60. The molecule has 2 nitrogen and oxygen atoms in total. The van der Waals surface area contributed by atoms with E-state index >= 15 is 0 Å². The summed E-state index contributed by atoms with van der Waals surface area (Å²) in [6, 6.07) is 12.1. The molecule has 2 atom stereocenters. The number of hydrogen-bond donors (Lipinski definition) is 1. The fourth-order valence-corrected chi connectivity index (χ4v) is 2.69. The van der Waals surface area contributed by atoms with E-state index in [1.54, 1.807) is 0 Å². The number of hydrogen-bond acceptors (Lipinski definition) is 2. The number of aromatic nitrogens is 1. The lowest BCUT2D eigenvalue weighted by Gasteiger charge is -2.18. The van der Waals surface area contributed by atoms with Gasteiger partial charge < -0.3 is 5.11 Å². The van der Waals surface area contributed by atoms with Gasteiger partial charge in [-0.2, -0.15) is 0 Å². The van der Waals surface area contributed by atoms with Crippen LogP contribution in [0.5, 0.6) is 0 Å². The average molecular weight is 271 g/mol. The van der Waals surface area contributed by atoms with Gasteiger partial charge in [0.25, 0.3) is 0 Å². The van der Waals surface area contributed by atoms with Crippen LogP contribution in [0.1, 0.15) is 57.7 Å². The molecule has 0 saturated heterocycles. The normalized spacial score (nSPS) is 14.3. The molecular weight excluding hydrogens is 246 g/mol. The van der Waals surface area contributed by atoms with E-state index in [2.05, 4.69) is 24.9 Å². The van der Waals surface area contributed by atoms with Crippen molar-refractivity contribution in [1.29, 1.82) is 0 Å². The molecule has 0 aliphatic carbocycles. The van der Waals surface area contributed by atoms with Gasteiger partial charge in [-0.15, -0.1) is 0 Å². The lowest BCUT2D eigenvalue weighted by Crippen LogP contribution is -2.08. The lowest BCUT2D eigenvalue weighted by molar-refractivity contribution is 0.135. The van der Waals surface area contributed by atoms with Crippen LogP contribution in [0.25, 0.3) is 10.9 Å². The molecular formula is C18H25NO. The first-order valence-corrected chi connectivity index (χ1v) is 7.78. The second kappa shape index (κ2) is 7.39. The third kappa shape index (κ3) is 3.80. The standard InChI is InChI=1S/C18H25NO/c1-3-5-8-14(4-2)13-18(20)17-12-11-15-9-6-7-10-16(15)19-17/h6-7,9-12,14,18,20H,3-5,8,13H2,1-2H3. The smallest absolute Gasteiger partial charge is 0.0962 e. The molecule has 0 amide bonds. The largest absolute Gasteiger partial charge is 0.387 e. The van der Waals surface area contributed by atoms with Gasteiger partial charge in [-0.1, -0.05) is 63.8 Å². The fraction of sp³-hybridized carbons (Fsp3) is 0.500. The maximum absolute atomic E-state index is 10.4. The first kappa shape index (κ1) is 15.0. The highest BCUT2D eigenvalue weighted by atomic mass is 16.3. The van der Waals surface area contributed by atoms with Crippen LogP contribution in [-0.2, 0) is 0 Å². The van der Waals surface area contributed by atoms with Gasteiger partial charge in [-0.3, -0.25) is 4.98 Å². The molecule has 0 aliphatic heterocycles. The molecule has 0 fully saturated rings. The fourth-order valence-electron chi connectivity index (χ4n) is 2.69. The first-order chi connectivity index (χ1) is 9.74. The van der Waals surface area contributed by atoms with Crippen molar-refractivity contribution >= 4 is 10.9 Å². The Balaban J connectivity index is 2.07. The summed E-state index contributed by atoms with van der Waals surface area (Å²) in [5.41, 5.74) is 1.77. The summed E-state index contributed by atoms with van der Waals surface area (Å²) in [7, 11) is 0. The summed E-state index contributed by atoms with van der Waals surface area (Å²) in [5.74, 6) is 0.596. The highest BCUT2D eigenvalue weighted by Gasteiger charge is 2.15. The van der Waals surface area contributed by atoms with E-state index in [4.69, 9.17) is 0 Å². The Morgan fingerprint density at radius 3 is 2.65 bits per heavy atom. The zero-order valence-corrected chi connectivity index (χ0v) is 12.5. The van der Waals surface area contributed by atoms with Gasteiger partial charge in [0.1, 0.15) is 0 Å². The summed E-state index contributed by atoms with van der Waals surface area (Å²) in [5, 5.41) is 11.5. The number of pyridine rings is 1. The maximum atomic E-state index is 10.4. The van der Waals surface area contributed by atoms with E-state index in [-0.39, 0.29) is 0 Å². The van der Waals surface area contributed by atoms with Gasteiger partial charge in [0.05, 0.1) is 17.3 Å². The Bertz CT molecular complexity index is 538. The quantitative estimate of drug-likeness (QED) is 0.779. The van der Waals surface area contributed by atoms with Crippen molar-refractivity contribution in [3.05, 3.63) is 42.1 Å². The first-order valence-electron chi connectivity index (χ1n) is 7.78. The van der Waals surface area contributed by atoms with Crippen LogP contribution in [0.3, 0.4) is 0 Å². The minimum atomic E-state index is -0.443. The van der Waals surface area contributed by atoms with Gasteiger partial charge in [0.15, 0.2) is 0 Å². The maximum Gasteiger partial charge on any atom is 0.0962 e. The van der Waals surface area contributed by atoms with E-state index in [0.29, 0.717) is 5.92 Å². The Morgan fingerprint density at radius 1 is 1.10 bits per heavy atom. The molecule has 0 saturated carbocycles. The van der Waals surface area contributed by atoms with Crippen LogP contribution in [0.2, 0.25) is 0 Å². The number of benzene rings is 1. The molecule has 1 heterocycles. The molecule has 2 unspecified atom stereocenters. The number of rotatable bonds is 7. The second-order valence-electron chi connectivity index (χ2n) is 5.60. The predicted molar refractivity (Wildman–Crippen MR) is 84.6 cm³/mol. The van der Waals surface area contributed by atoms with Crippen molar-refractivity contribution in [2.75, 3.05) is 0 Å². The number of aliphatic hydroxyl groups is 1. The monoisotopic (exact) mass is 271 g/mol.